The third kappa shape index (κ3) is 5.53. The van der Waals surface area contributed by atoms with E-state index in [1.54, 1.807) is 0 Å². The van der Waals surface area contributed by atoms with Crippen LogP contribution in [0.2, 0.25) is 0 Å². The van der Waals surface area contributed by atoms with Crippen molar-refractivity contribution in [3.63, 3.8) is 0 Å². The fourth-order valence-corrected chi connectivity index (χ4v) is 4.68. The lowest BCUT2D eigenvalue weighted by molar-refractivity contribution is -0.115. The monoisotopic (exact) mass is 369 g/mol. The van der Waals surface area contributed by atoms with E-state index in [0.717, 1.165) is 23.6 Å². The number of nitrogens with one attached hydrogen (secondary N) is 1. The van der Waals surface area contributed by atoms with E-state index in [9.17, 15) is 4.79 Å². The van der Waals surface area contributed by atoms with E-state index in [1.807, 2.05) is 66.4 Å². The Morgan fingerprint density at radius 2 is 1.69 bits per heavy atom. The maximum absolute atomic E-state index is 12.6. The van der Waals surface area contributed by atoms with Gasteiger partial charge >= 0.3 is 0 Å². The van der Waals surface area contributed by atoms with Gasteiger partial charge < -0.3 is 10.1 Å². The fraction of sp³-hybridized carbons (Fsp3) is 0.409. The van der Waals surface area contributed by atoms with E-state index in [-0.39, 0.29) is 11.2 Å². The standard InChI is InChI=1S/C22H27NO2S/c1-2-21(26-20-11-7-4-8-12-20)22(24)23-17-13-15-19(16-14-17)25-18-9-5-3-6-10-18/h3,5-6,9-10,13-16,20-21H,2,4,7-8,11-12H2,1H3,(H,23,24). The summed E-state index contributed by atoms with van der Waals surface area (Å²) in [5.74, 6) is 1.68. The minimum absolute atomic E-state index is 0.0262. The first-order valence-electron chi connectivity index (χ1n) is 9.54. The molecule has 1 saturated carbocycles. The quantitative estimate of drug-likeness (QED) is 0.626. The summed E-state index contributed by atoms with van der Waals surface area (Å²) in [7, 11) is 0. The summed E-state index contributed by atoms with van der Waals surface area (Å²) in [4.78, 5) is 12.6. The van der Waals surface area contributed by atoms with Crippen LogP contribution in [0.15, 0.2) is 54.6 Å². The lowest BCUT2D eigenvalue weighted by Gasteiger charge is -2.25. The molecule has 1 fully saturated rings. The second-order valence-corrected chi connectivity index (χ2v) is 8.23. The van der Waals surface area contributed by atoms with Crippen LogP contribution in [0.1, 0.15) is 45.4 Å². The summed E-state index contributed by atoms with van der Waals surface area (Å²) >= 11 is 1.86. The highest BCUT2D eigenvalue weighted by atomic mass is 32.2. The van der Waals surface area contributed by atoms with Gasteiger partial charge in [-0.3, -0.25) is 4.79 Å². The highest BCUT2D eigenvalue weighted by molar-refractivity contribution is 8.01. The van der Waals surface area contributed by atoms with Crippen LogP contribution >= 0.6 is 11.8 Å². The number of ether oxygens (including phenoxy) is 1. The van der Waals surface area contributed by atoms with Gasteiger partial charge in [0.2, 0.25) is 5.91 Å². The zero-order chi connectivity index (χ0) is 18.2. The first kappa shape index (κ1) is 18.8. The average molecular weight is 370 g/mol. The summed E-state index contributed by atoms with van der Waals surface area (Å²) in [6.07, 6.45) is 7.32. The molecule has 0 aromatic heterocycles. The number of hydrogen-bond acceptors (Lipinski definition) is 3. The Kier molecular flexibility index (Phi) is 7.01. The molecule has 0 heterocycles. The van der Waals surface area contributed by atoms with E-state index < -0.39 is 0 Å². The zero-order valence-electron chi connectivity index (χ0n) is 15.3. The molecule has 0 bridgehead atoms. The van der Waals surface area contributed by atoms with Crippen LogP contribution < -0.4 is 10.1 Å². The van der Waals surface area contributed by atoms with E-state index in [2.05, 4.69) is 12.2 Å². The SMILES string of the molecule is CCC(SC1CCCCC1)C(=O)Nc1ccc(Oc2ccccc2)cc1. The molecule has 1 aliphatic rings. The molecule has 26 heavy (non-hydrogen) atoms. The molecule has 1 unspecified atom stereocenters. The zero-order valence-corrected chi connectivity index (χ0v) is 16.1. The van der Waals surface area contributed by atoms with Crippen molar-refractivity contribution in [1.29, 1.82) is 0 Å². The van der Waals surface area contributed by atoms with Crippen molar-refractivity contribution in [3.05, 3.63) is 54.6 Å². The number of hydrogen-bond donors (Lipinski definition) is 1. The van der Waals surface area contributed by atoms with Crippen molar-refractivity contribution >= 4 is 23.4 Å². The van der Waals surface area contributed by atoms with Crippen LogP contribution in [0.4, 0.5) is 5.69 Å². The third-order valence-corrected chi connectivity index (χ3v) is 6.41. The first-order chi connectivity index (χ1) is 12.7. The Hall–Kier alpha value is -1.94. The average Bonchev–Trinajstić information content (AvgIpc) is 2.69. The molecule has 1 N–H and O–H groups in total. The van der Waals surface area contributed by atoms with Gasteiger partial charge in [-0.25, -0.2) is 0 Å². The van der Waals surface area contributed by atoms with Crippen LogP contribution in [-0.2, 0) is 4.79 Å². The number of thioether (sulfide) groups is 1. The second kappa shape index (κ2) is 9.67. The van der Waals surface area contributed by atoms with Crippen LogP contribution in [-0.4, -0.2) is 16.4 Å². The lowest BCUT2D eigenvalue weighted by atomic mass is 10.0. The molecule has 138 valence electrons. The van der Waals surface area contributed by atoms with Crippen LogP contribution in [0.5, 0.6) is 11.5 Å². The molecule has 1 atom stereocenters. The van der Waals surface area contributed by atoms with E-state index in [0.29, 0.717) is 5.25 Å². The number of rotatable bonds is 7. The molecule has 0 radical (unpaired) electrons. The van der Waals surface area contributed by atoms with Crippen molar-refractivity contribution in [2.24, 2.45) is 0 Å². The van der Waals surface area contributed by atoms with Crippen LogP contribution in [0.3, 0.4) is 0 Å². The molecule has 1 amide bonds. The van der Waals surface area contributed by atoms with E-state index >= 15 is 0 Å². The van der Waals surface area contributed by atoms with E-state index in [4.69, 9.17) is 4.74 Å². The first-order valence-corrected chi connectivity index (χ1v) is 10.5. The molecular formula is C22H27NO2S. The molecule has 0 aliphatic heterocycles. The van der Waals surface area contributed by atoms with Crippen molar-refractivity contribution in [3.8, 4) is 11.5 Å². The van der Waals surface area contributed by atoms with Gasteiger partial charge in [-0.2, -0.15) is 0 Å². The second-order valence-electron chi connectivity index (χ2n) is 6.72. The van der Waals surface area contributed by atoms with Crippen molar-refractivity contribution in [1.82, 2.24) is 0 Å². The summed E-state index contributed by atoms with van der Waals surface area (Å²) in [5.41, 5.74) is 0.818. The minimum Gasteiger partial charge on any atom is -0.457 e. The fourth-order valence-electron chi connectivity index (χ4n) is 3.23. The van der Waals surface area contributed by atoms with Gasteiger partial charge in [0, 0.05) is 10.9 Å². The molecule has 3 rings (SSSR count). The molecule has 1 aliphatic carbocycles. The number of carbonyl (C=O) groups is 1. The van der Waals surface area contributed by atoms with Crippen molar-refractivity contribution in [2.75, 3.05) is 5.32 Å². The molecular weight excluding hydrogens is 342 g/mol. The minimum atomic E-state index is 0.0262. The Morgan fingerprint density at radius 1 is 1.04 bits per heavy atom. The number of para-hydroxylation sites is 1. The number of carbonyl (C=O) groups excluding carboxylic acids is 1. The predicted octanol–water partition coefficient (Wildman–Crippen LogP) is 6.26. The Bertz CT molecular complexity index is 681. The normalized spacial score (nSPS) is 16.0. The summed E-state index contributed by atoms with van der Waals surface area (Å²) in [5, 5.41) is 3.72. The highest BCUT2D eigenvalue weighted by Crippen LogP contribution is 2.33. The van der Waals surface area contributed by atoms with Crippen molar-refractivity contribution in [2.45, 2.75) is 55.9 Å². The lowest BCUT2D eigenvalue weighted by Crippen LogP contribution is -2.27. The maximum Gasteiger partial charge on any atom is 0.237 e. The summed E-state index contributed by atoms with van der Waals surface area (Å²) in [6, 6.07) is 17.3. The van der Waals surface area contributed by atoms with Crippen LogP contribution in [0, 0.1) is 0 Å². The molecule has 2 aromatic carbocycles. The highest BCUT2D eigenvalue weighted by Gasteiger charge is 2.23. The molecule has 3 nitrogen and oxygen atoms in total. The van der Waals surface area contributed by atoms with Gasteiger partial charge in [0.1, 0.15) is 11.5 Å². The van der Waals surface area contributed by atoms with Crippen LogP contribution in [0.25, 0.3) is 0 Å². The number of benzene rings is 2. The van der Waals surface area contributed by atoms with Gasteiger partial charge in [-0.1, -0.05) is 44.4 Å². The Morgan fingerprint density at radius 3 is 2.35 bits per heavy atom. The van der Waals surface area contributed by atoms with Gasteiger partial charge in [-0.05, 0) is 55.7 Å². The number of anilines is 1. The molecule has 4 heteroatoms. The van der Waals surface area contributed by atoms with Crippen molar-refractivity contribution < 1.29 is 9.53 Å². The number of amides is 1. The Balaban J connectivity index is 1.54. The summed E-state index contributed by atoms with van der Waals surface area (Å²) < 4.78 is 5.79. The van der Waals surface area contributed by atoms with Gasteiger partial charge in [-0.15, -0.1) is 11.8 Å². The largest absolute Gasteiger partial charge is 0.457 e. The van der Waals surface area contributed by atoms with Gasteiger partial charge in [0.05, 0.1) is 5.25 Å². The molecule has 0 spiro atoms. The topological polar surface area (TPSA) is 38.3 Å². The Labute approximate surface area is 160 Å². The van der Waals surface area contributed by atoms with Gasteiger partial charge in [0.15, 0.2) is 0 Å². The molecule has 2 aromatic rings. The van der Waals surface area contributed by atoms with E-state index in [1.165, 1.54) is 32.1 Å². The maximum atomic E-state index is 12.6. The molecule has 0 saturated heterocycles. The summed E-state index contributed by atoms with van der Waals surface area (Å²) in [6.45, 7) is 2.09. The smallest absolute Gasteiger partial charge is 0.237 e. The third-order valence-electron chi connectivity index (χ3n) is 4.67. The predicted molar refractivity (Wildman–Crippen MR) is 110 cm³/mol. The van der Waals surface area contributed by atoms with Gasteiger partial charge in [0.25, 0.3) is 0 Å².